The highest BCUT2D eigenvalue weighted by Gasteiger charge is 2.26. The molecule has 1 saturated carbocycles. The third-order valence-corrected chi connectivity index (χ3v) is 5.69. The number of ether oxygens (including phenoxy) is 1. The zero-order chi connectivity index (χ0) is 19.3. The van der Waals surface area contributed by atoms with Gasteiger partial charge in [-0.15, -0.1) is 0 Å². The summed E-state index contributed by atoms with van der Waals surface area (Å²) >= 11 is 6.21. The molecule has 1 unspecified atom stereocenters. The normalized spacial score (nSPS) is 20.0. The van der Waals surface area contributed by atoms with Crippen molar-refractivity contribution in [3.05, 3.63) is 58.9 Å². The summed E-state index contributed by atoms with van der Waals surface area (Å²) in [6.07, 6.45) is 6.14. The van der Waals surface area contributed by atoms with Gasteiger partial charge in [0, 0.05) is 36.8 Å². The van der Waals surface area contributed by atoms with Crippen molar-refractivity contribution in [2.24, 2.45) is 5.92 Å². The monoisotopic (exact) mass is 399 g/mol. The summed E-state index contributed by atoms with van der Waals surface area (Å²) in [6, 6.07) is 11.8. The van der Waals surface area contributed by atoms with Crippen molar-refractivity contribution in [2.75, 3.05) is 19.7 Å². The molecule has 1 atom stereocenters. The molecule has 1 aliphatic carbocycles. The highest BCUT2D eigenvalue weighted by atomic mass is 35.5. The summed E-state index contributed by atoms with van der Waals surface area (Å²) in [5, 5.41) is 3.62. The minimum absolute atomic E-state index is 0.0328. The Morgan fingerprint density at radius 3 is 2.89 bits per heavy atom. The molecule has 1 aromatic carbocycles. The van der Waals surface area contributed by atoms with Gasteiger partial charge in [0.2, 0.25) is 0 Å². The van der Waals surface area contributed by atoms with E-state index in [9.17, 15) is 4.79 Å². The molecule has 4 rings (SSSR count). The van der Waals surface area contributed by atoms with Crippen LogP contribution in [0.15, 0.2) is 42.6 Å². The first-order chi connectivity index (χ1) is 13.7. The zero-order valence-electron chi connectivity index (χ0n) is 15.9. The van der Waals surface area contributed by atoms with Gasteiger partial charge in [-0.05, 0) is 50.4 Å². The van der Waals surface area contributed by atoms with Crippen LogP contribution < -0.4 is 10.1 Å². The Balaban J connectivity index is 1.33. The third kappa shape index (κ3) is 5.03. The summed E-state index contributed by atoms with van der Waals surface area (Å²) in [4.78, 5) is 19.0. The molecule has 1 saturated heterocycles. The van der Waals surface area contributed by atoms with E-state index in [4.69, 9.17) is 16.3 Å². The molecule has 1 amide bonds. The molecule has 28 heavy (non-hydrogen) atoms. The van der Waals surface area contributed by atoms with Crippen molar-refractivity contribution in [1.29, 1.82) is 0 Å². The first-order valence-electron chi connectivity index (χ1n) is 10.0. The van der Waals surface area contributed by atoms with E-state index in [1.54, 1.807) is 6.20 Å². The summed E-state index contributed by atoms with van der Waals surface area (Å²) in [5.74, 6) is 1.08. The van der Waals surface area contributed by atoms with Gasteiger partial charge in [-0.2, -0.15) is 0 Å². The lowest BCUT2D eigenvalue weighted by Crippen LogP contribution is -2.37. The van der Waals surface area contributed by atoms with E-state index in [1.165, 1.54) is 0 Å². The lowest BCUT2D eigenvalue weighted by molar-refractivity contribution is 0.0940. The number of aromatic nitrogens is 1. The predicted molar refractivity (Wildman–Crippen MR) is 110 cm³/mol. The lowest BCUT2D eigenvalue weighted by Gasteiger charge is -2.32. The van der Waals surface area contributed by atoms with Crippen molar-refractivity contribution < 1.29 is 9.53 Å². The maximum Gasteiger partial charge on any atom is 0.255 e. The van der Waals surface area contributed by atoms with Crippen molar-refractivity contribution in [1.82, 2.24) is 15.2 Å². The van der Waals surface area contributed by atoms with Gasteiger partial charge in [0.05, 0.1) is 12.2 Å². The summed E-state index contributed by atoms with van der Waals surface area (Å²) in [7, 11) is 0. The van der Waals surface area contributed by atoms with Crippen LogP contribution in [0.3, 0.4) is 0 Å². The number of benzene rings is 1. The van der Waals surface area contributed by atoms with E-state index in [0.29, 0.717) is 35.0 Å². The predicted octanol–water partition coefficient (Wildman–Crippen LogP) is 3.92. The Labute approximate surface area is 171 Å². The number of nitrogens with zero attached hydrogens (tertiary/aromatic N) is 2. The van der Waals surface area contributed by atoms with E-state index < -0.39 is 0 Å². The molecular weight excluding hydrogens is 374 g/mol. The molecule has 148 valence electrons. The quantitative estimate of drug-likeness (QED) is 0.717. The number of pyridine rings is 1. The summed E-state index contributed by atoms with van der Waals surface area (Å²) in [6.45, 7) is 3.44. The topological polar surface area (TPSA) is 54.5 Å². The molecule has 1 aromatic heterocycles. The van der Waals surface area contributed by atoms with Crippen LogP contribution in [-0.4, -0.2) is 41.5 Å². The molecular formula is C22H26ClN3O2. The van der Waals surface area contributed by atoms with Gasteiger partial charge in [0.15, 0.2) is 0 Å². The molecule has 0 radical (unpaired) electrons. The van der Waals surface area contributed by atoms with Gasteiger partial charge < -0.3 is 10.1 Å². The van der Waals surface area contributed by atoms with Crippen molar-refractivity contribution in [3.63, 3.8) is 0 Å². The van der Waals surface area contributed by atoms with E-state index in [2.05, 4.69) is 15.2 Å². The standard InChI is InChI=1S/C22H26ClN3O2/c23-21-17(6-3-11-24-21)14-26-12-4-5-16(13-26)15-28-20-8-2-1-7-19(20)22(27)25-18-9-10-18/h1-3,6-8,11,16,18H,4-5,9-10,12-15H2,(H,25,27). The van der Waals surface area contributed by atoms with Gasteiger partial charge in [-0.1, -0.05) is 29.8 Å². The molecule has 0 spiro atoms. The number of carbonyl (C=O) groups is 1. The fourth-order valence-electron chi connectivity index (χ4n) is 3.69. The number of hydrogen-bond acceptors (Lipinski definition) is 4. The molecule has 2 aliphatic rings. The van der Waals surface area contributed by atoms with E-state index in [1.807, 2.05) is 36.4 Å². The summed E-state index contributed by atoms with van der Waals surface area (Å²) in [5.41, 5.74) is 1.69. The SMILES string of the molecule is O=C(NC1CC1)c1ccccc1OCC1CCCN(Cc2cccnc2Cl)C1. The Hall–Kier alpha value is -2.11. The minimum atomic E-state index is -0.0328. The van der Waals surface area contributed by atoms with Crippen LogP contribution in [0, 0.1) is 5.92 Å². The molecule has 2 heterocycles. The van der Waals surface area contributed by atoms with Gasteiger partial charge in [0.25, 0.3) is 5.91 Å². The minimum Gasteiger partial charge on any atom is -0.492 e. The van der Waals surface area contributed by atoms with Crippen LogP contribution in [0.1, 0.15) is 41.6 Å². The van der Waals surface area contributed by atoms with Crippen LogP contribution in [0.25, 0.3) is 0 Å². The maximum atomic E-state index is 12.4. The second-order valence-corrected chi connectivity index (χ2v) is 8.11. The number of rotatable bonds is 7. The van der Waals surface area contributed by atoms with Crippen molar-refractivity contribution in [2.45, 2.75) is 38.3 Å². The average molecular weight is 400 g/mol. The van der Waals surface area contributed by atoms with Gasteiger partial charge in [-0.25, -0.2) is 4.98 Å². The van der Waals surface area contributed by atoms with E-state index >= 15 is 0 Å². The van der Waals surface area contributed by atoms with Crippen molar-refractivity contribution >= 4 is 17.5 Å². The van der Waals surface area contributed by atoms with E-state index in [0.717, 1.165) is 50.9 Å². The van der Waals surface area contributed by atoms with Crippen LogP contribution in [-0.2, 0) is 6.54 Å². The molecule has 0 bridgehead atoms. The van der Waals surface area contributed by atoms with E-state index in [-0.39, 0.29) is 5.91 Å². The van der Waals surface area contributed by atoms with Crippen molar-refractivity contribution in [3.8, 4) is 5.75 Å². The fourth-order valence-corrected chi connectivity index (χ4v) is 3.87. The maximum absolute atomic E-state index is 12.4. The van der Waals surface area contributed by atoms with Crippen LogP contribution >= 0.6 is 11.6 Å². The zero-order valence-corrected chi connectivity index (χ0v) is 16.7. The molecule has 6 heteroatoms. The Morgan fingerprint density at radius 2 is 2.07 bits per heavy atom. The Kier molecular flexibility index (Phi) is 6.13. The average Bonchev–Trinajstić information content (AvgIpc) is 3.53. The second-order valence-electron chi connectivity index (χ2n) is 7.75. The smallest absolute Gasteiger partial charge is 0.255 e. The highest BCUT2D eigenvalue weighted by Crippen LogP contribution is 2.25. The number of nitrogens with one attached hydrogen (secondary N) is 1. The first-order valence-corrected chi connectivity index (χ1v) is 10.4. The van der Waals surface area contributed by atoms with Gasteiger partial charge >= 0.3 is 0 Å². The second kappa shape index (κ2) is 8.93. The summed E-state index contributed by atoms with van der Waals surface area (Å²) < 4.78 is 6.10. The van der Waals surface area contributed by atoms with Crippen LogP contribution in [0.2, 0.25) is 5.15 Å². The molecule has 1 N–H and O–H groups in total. The third-order valence-electron chi connectivity index (χ3n) is 5.35. The number of likely N-dealkylation sites (tertiary alicyclic amines) is 1. The molecule has 2 fully saturated rings. The molecule has 1 aliphatic heterocycles. The van der Waals surface area contributed by atoms with Crippen LogP contribution in [0.5, 0.6) is 5.75 Å². The van der Waals surface area contributed by atoms with Crippen LogP contribution in [0.4, 0.5) is 0 Å². The Bertz CT molecular complexity index is 825. The van der Waals surface area contributed by atoms with Gasteiger partial charge in [-0.3, -0.25) is 9.69 Å². The number of halogens is 1. The lowest BCUT2D eigenvalue weighted by atomic mass is 9.98. The largest absolute Gasteiger partial charge is 0.492 e. The Morgan fingerprint density at radius 1 is 1.21 bits per heavy atom. The number of hydrogen-bond donors (Lipinski definition) is 1. The number of piperidine rings is 1. The highest BCUT2D eigenvalue weighted by molar-refractivity contribution is 6.30. The molecule has 5 nitrogen and oxygen atoms in total. The fraction of sp³-hybridized carbons (Fsp3) is 0.455. The molecule has 2 aromatic rings. The number of carbonyl (C=O) groups excluding carboxylic acids is 1. The number of amides is 1. The first kappa shape index (κ1) is 19.2. The number of para-hydroxylation sites is 1. The van der Waals surface area contributed by atoms with Gasteiger partial charge in [0.1, 0.15) is 10.9 Å².